The second-order valence-corrected chi connectivity index (χ2v) is 7.02. The third-order valence-corrected chi connectivity index (χ3v) is 4.82. The van der Waals surface area contributed by atoms with Crippen LogP contribution in [0.2, 0.25) is 0 Å². The summed E-state index contributed by atoms with van der Waals surface area (Å²) in [4.78, 5) is 12.0. The largest absolute Gasteiger partial charge is 0.349 e. The quantitative estimate of drug-likeness (QED) is 0.868. The van der Waals surface area contributed by atoms with Crippen LogP contribution in [0.4, 0.5) is 4.39 Å². The number of carbonyl (C=O) groups excluding carboxylic acids is 1. The van der Waals surface area contributed by atoms with E-state index in [0.717, 1.165) is 5.41 Å². The molecule has 1 aliphatic carbocycles. The van der Waals surface area contributed by atoms with Crippen LogP contribution < -0.4 is 10.0 Å². The number of hydrogen-bond acceptors (Lipinski definition) is 3. The molecular weight excluding hydrogens is 307 g/mol. The number of amides is 1. The molecule has 1 fully saturated rings. The Balaban J connectivity index is 1.83. The third kappa shape index (κ3) is 4.64. The Labute approximate surface area is 129 Å². The van der Waals surface area contributed by atoms with E-state index in [9.17, 15) is 17.6 Å². The van der Waals surface area contributed by atoms with Gasteiger partial charge in [0.05, 0.1) is 0 Å². The van der Waals surface area contributed by atoms with Crippen LogP contribution >= 0.6 is 0 Å². The second-order valence-electron chi connectivity index (χ2n) is 5.36. The highest BCUT2D eigenvalue weighted by molar-refractivity contribution is 7.92. The number of halogens is 1. The SMILES string of the molecule is C=CS(=O)(=O)NC1CCC(NC(=O)c2ccc(F)cc2)CC1. The molecule has 1 aliphatic rings. The van der Waals surface area contributed by atoms with Crippen molar-refractivity contribution in [3.05, 3.63) is 47.6 Å². The molecule has 0 aromatic heterocycles. The topological polar surface area (TPSA) is 75.3 Å². The molecule has 0 aliphatic heterocycles. The first-order valence-corrected chi connectivity index (χ1v) is 8.65. The summed E-state index contributed by atoms with van der Waals surface area (Å²) in [6, 6.07) is 5.25. The van der Waals surface area contributed by atoms with E-state index in [2.05, 4.69) is 16.6 Å². The van der Waals surface area contributed by atoms with Gasteiger partial charge in [0.15, 0.2) is 0 Å². The Bertz CT molecular complexity index is 635. The van der Waals surface area contributed by atoms with Crippen LogP contribution in [0.5, 0.6) is 0 Å². The smallest absolute Gasteiger partial charge is 0.251 e. The van der Waals surface area contributed by atoms with Crippen LogP contribution in [-0.4, -0.2) is 26.4 Å². The van der Waals surface area contributed by atoms with Gasteiger partial charge in [-0.3, -0.25) is 4.79 Å². The lowest BCUT2D eigenvalue weighted by atomic mass is 9.91. The zero-order valence-electron chi connectivity index (χ0n) is 12.1. The van der Waals surface area contributed by atoms with Crippen LogP contribution in [0, 0.1) is 5.82 Å². The summed E-state index contributed by atoms with van der Waals surface area (Å²) in [5, 5.41) is 3.79. The third-order valence-electron chi connectivity index (χ3n) is 3.72. The number of carbonyl (C=O) groups is 1. The van der Waals surface area contributed by atoms with Crippen LogP contribution in [-0.2, 0) is 10.0 Å². The maximum Gasteiger partial charge on any atom is 0.251 e. The molecule has 22 heavy (non-hydrogen) atoms. The number of nitrogens with one attached hydrogen (secondary N) is 2. The van der Waals surface area contributed by atoms with Crippen molar-refractivity contribution in [1.29, 1.82) is 0 Å². The van der Waals surface area contributed by atoms with Gasteiger partial charge in [0.25, 0.3) is 5.91 Å². The number of hydrogen-bond donors (Lipinski definition) is 2. The standard InChI is InChI=1S/C15H19FN2O3S/c1-2-22(20,21)18-14-9-7-13(8-10-14)17-15(19)11-3-5-12(16)6-4-11/h2-6,13-14,18H,1,7-10H2,(H,17,19). The van der Waals surface area contributed by atoms with Crippen molar-refractivity contribution in [2.75, 3.05) is 0 Å². The van der Waals surface area contributed by atoms with Crippen LogP contribution in [0.25, 0.3) is 0 Å². The van der Waals surface area contributed by atoms with Gasteiger partial charge in [-0.2, -0.15) is 0 Å². The summed E-state index contributed by atoms with van der Waals surface area (Å²) in [5.41, 5.74) is 0.413. The van der Waals surface area contributed by atoms with Crippen molar-refractivity contribution in [3.8, 4) is 0 Å². The molecule has 7 heteroatoms. The molecule has 120 valence electrons. The van der Waals surface area contributed by atoms with E-state index >= 15 is 0 Å². The summed E-state index contributed by atoms with van der Waals surface area (Å²) in [6.07, 6.45) is 2.69. The van der Waals surface area contributed by atoms with Crippen molar-refractivity contribution < 1.29 is 17.6 Å². The van der Waals surface area contributed by atoms with Gasteiger partial charge in [0, 0.05) is 23.1 Å². The molecule has 0 radical (unpaired) electrons. The predicted molar refractivity (Wildman–Crippen MR) is 82.2 cm³/mol. The van der Waals surface area contributed by atoms with Crippen LogP contribution in [0.3, 0.4) is 0 Å². The lowest BCUT2D eigenvalue weighted by Gasteiger charge is -2.29. The highest BCUT2D eigenvalue weighted by Crippen LogP contribution is 2.20. The van der Waals surface area contributed by atoms with Gasteiger partial charge in [-0.15, -0.1) is 0 Å². The Morgan fingerprint density at radius 2 is 1.68 bits per heavy atom. The van der Waals surface area contributed by atoms with Crippen molar-refractivity contribution in [2.24, 2.45) is 0 Å². The van der Waals surface area contributed by atoms with Gasteiger partial charge in [-0.25, -0.2) is 17.5 Å². The molecule has 1 aromatic carbocycles. The molecule has 0 bridgehead atoms. The fourth-order valence-electron chi connectivity index (χ4n) is 2.51. The Morgan fingerprint density at radius 3 is 2.23 bits per heavy atom. The molecule has 1 saturated carbocycles. The van der Waals surface area contributed by atoms with Crippen molar-refractivity contribution in [1.82, 2.24) is 10.0 Å². The molecule has 0 spiro atoms. The minimum atomic E-state index is -3.42. The minimum Gasteiger partial charge on any atom is -0.349 e. The normalized spacial score (nSPS) is 22.0. The lowest BCUT2D eigenvalue weighted by Crippen LogP contribution is -2.43. The lowest BCUT2D eigenvalue weighted by molar-refractivity contribution is 0.0925. The second kappa shape index (κ2) is 7.02. The fourth-order valence-corrected chi connectivity index (χ4v) is 3.30. The highest BCUT2D eigenvalue weighted by Gasteiger charge is 2.24. The van der Waals surface area contributed by atoms with Crippen LogP contribution in [0.15, 0.2) is 36.3 Å². The van der Waals surface area contributed by atoms with Crippen molar-refractivity contribution in [2.45, 2.75) is 37.8 Å². The van der Waals surface area contributed by atoms with Gasteiger partial charge in [0.2, 0.25) is 10.0 Å². The maximum absolute atomic E-state index is 12.8. The molecule has 0 unspecified atom stereocenters. The first-order valence-electron chi connectivity index (χ1n) is 7.11. The van der Waals surface area contributed by atoms with Crippen LogP contribution in [0.1, 0.15) is 36.0 Å². The molecule has 0 heterocycles. The van der Waals surface area contributed by atoms with E-state index < -0.39 is 10.0 Å². The van der Waals surface area contributed by atoms with Gasteiger partial charge in [0.1, 0.15) is 5.82 Å². The van der Waals surface area contributed by atoms with Gasteiger partial charge in [-0.1, -0.05) is 6.58 Å². The predicted octanol–water partition coefficient (Wildman–Crippen LogP) is 1.93. The van der Waals surface area contributed by atoms with E-state index in [1.54, 1.807) is 0 Å². The first kappa shape index (κ1) is 16.6. The average Bonchev–Trinajstić information content (AvgIpc) is 2.49. The Kier molecular flexibility index (Phi) is 5.31. The summed E-state index contributed by atoms with van der Waals surface area (Å²) < 4.78 is 38.2. The summed E-state index contributed by atoms with van der Waals surface area (Å²) in [7, 11) is -3.42. The summed E-state index contributed by atoms with van der Waals surface area (Å²) >= 11 is 0. The van der Waals surface area contributed by atoms with E-state index in [1.807, 2.05) is 0 Å². The molecule has 1 amide bonds. The van der Waals surface area contributed by atoms with E-state index in [0.29, 0.717) is 31.2 Å². The number of rotatable bonds is 5. The van der Waals surface area contributed by atoms with Crippen molar-refractivity contribution >= 4 is 15.9 Å². The monoisotopic (exact) mass is 326 g/mol. The van der Waals surface area contributed by atoms with Gasteiger partial charge in [-0.05, 0) is 49.9 Å². The number of benzene rings is 1. The average molecular weight is 326 g/mol. The fraction of sp³-hybridized carbons (Fsp3) is 0.400. The molecule has 2 N–H and O–H groups in total. The Morgan fingerprint density at radius 1 is 1.14 bits per heavy atom. The summed E-state index contributed by atoms with van der Waals surface area (Å²) in [5.74, 6) is -0.623. The van der Waals surface area contributed by atoms with Gasteiger partial charge >= 0.3 is 0 Å². The molecule has 5 nitrogen and oxygen atoms in total. The maximum atomic E-state index is 12.8. The number of sulfonamides is 1. The molecule has 1 aromatic rings. The van der Waals surface area contributed by atoms with E-state index in [-0.39, 0.29) is 23.8 Å². The van der Waals surface area contributed by atoms with E-state index in [4.69, 9.17) is 0 Å². The van der Waals surface area contributed by atoms with Crippen molar-refractivity contribution in [3.63, 3.8) is 0 Å². The zero-order chi connectivity index (χ0) is 16.2. The first-order chi connectivity index (χ1) is 10.4. The Hall–Kier alpha value is -1.73. The zero-order valence-corrected chi connectivity index (χ0v) is 12.9. The minimum absolute atomic E-state index is 0.00189. The molecule has 0 saturated heterocycles. The van der Waals surface area contributed by atoms with E-state index in [1.165, 1.54) is 24.3 Å². The molecular formula is C15H19FN2O3S. The highest BCUT2D eigenvalue weighted by atomic mass is 32.2. The van der Waals surface area contributed by atoms with Gasteiger partial charge < -0.3 is 5.32 Å². The molecule has 2 rings (SSSR count). The molecule has 0 atom stereocenters. The summed E-state index contributed by atoms with van der Waals surface area (Å²) in [6.45, 7) is 3.26.